The van der Waals surface area contributed by atoms with Crippen LogP contribution >= 0.6 is 0 Å². The number of aromatic nitrogens is 4. The third kappa shape index (κ3) is 3.48. The molecule has 3 heterocycles. The lowest BCUT2D eigenvalue weighted by Gasteiger charge is -2.15. The van der Waals surface area contributed by atoms with Crippen LogP contribution in [0.5, 0.6) is 0 Å². The summed E-state index contributed by atoms with van der Waals surface area (Å²) in [5.74, 6) is 0.372. The summed E-state index contributed by atoms with van der Waals surface area (Å²) >= 11 is 0. The third-order valence-electron chi connectivity index (χ3n) is 5.02. The minimum absolute atomic E-state index is 0.0235. The van der Waals surface area contributed by atoms with Gasteiger partial charge in [-0.15, -0.1) is 0 Å². The summed E-state index contributed by atoms with van der Waals surface area (Å²) in [6.07, 6.45) is 6.63. The van der Waals surface area contributed by atoms with E-state index in [1.54, 1.807) is 0 Å². The van der Waals surface area contributed by atoms with Crippen LogP contribution in [0.15, 0.2) is 12.3 Å². The minimum Gasteiger partial charge on any atom is -0.335 e. The SMILES string of the molecule is CC.CC(C)c1cc(C(=O)N2CCC(n3cc4c(n3)CCC4)C2)n[nH]1. The lowest BCUT2D eigenvalue weighted by Crippen LogP contribution is -2.29. The summed E-state index contributed by atoms with van der Waals surface area (Å²) in [5, 5.41) is 11.9. The van der Waals surface area contributed by atoms with Gasteiger partial charge in [-0.2, -0.15) is 10.2 Å². The zero-order valence-electron chi connectivity index (χ0n) is 15.7. The average Bonchev–Trinajstić information content (AvgIpc) is 3.37. The van der Waals surface area contributed by atoms with Crippen molar-refractivity contribution in [1.29, 1.82) is 0 Å². The van der Waals surface area contributed by atoms with E-state index in [4.69, 9.17) is 5.10 Å². The van der Waals surface area contributed by atoms with Crippen molar-refractivity contribution in [2.45, 2.75) is 65.3 Å². The number of nitrogens with zero attached hydrogens (tertiary/aromatic N) is 4. The van der Waals surface area contributed by atoms with E-state index >= 15 is 0 Å². The highest BCUT2D eigenvalue weighted by Crippen LogP contribution is 2.27. The molecule has 0 spiro atoms. The van der Waals surface area contributed by atoms with Crippen LogP contribution in [0.1, 0.15) is 79.9 Å². The van der Waals surface area contributed by atoms with E-state index in [9.17, 15) is 4.79 Å². The summed E-state index contributed by atoms with van der Waals surface area (Å²) in [7, 11) is 0. The molecule has 4 rings (SSSR count). The second-order valence-corrected chi connectivity index (χ2v) is 6.99. The summed E-state index contributed by atoms with van der Waals surface area (Å²) < 4.78 is 2.08. The first-order valence-corrected chi connectivity index (χ1v) is 9.53. The highest BCUT2D eigenvalue weighted by molar-refractivity contribution is 5.92. The van der Waals surface area contributed by atoms with E-state index in [0.29, 0.717) is 17.7 Å². The second kappa shape index (κ2) is 7.42. The maximum absolute atomic E-state index is 12.6. The lowest BCUT2D eigenvalue weighted by atomic mass is 10.1. The first kappa shape index (κ1) is 17.7. The molecule has 2 aromatic rings. The fraction of sp³-hybridized carbons (Fsp3) is 0.632. The molecule has 1 fully saturated rings. The summed E-state index contributed by atoms with van der Waals surface area (Å²) in [6, 6.07) is 2.18. The molecule has 2 aromatic heterocycles. The topological polar surface area (TPSA) is 66.8 Å². The van der Waals surface area contributed by atoms with Crippen LogP contribution in [0, 0.1) is 0 Å². The van der Waals surface area contributed by atoms with E-state index in [1.807, 2.05) is 24.8 Å². The fourth-order valence-electron chi connectivity index (χ4n) is 3.57. The summed E-state index contributed by atoms with van der Waals surface area (Å²) in [5.41, 5.74) is 4.18. The molecule has 25 heavy (non-hydrogen) atoms. The van der Waals surface area contributed by atoms with Gasteiger partial charge in [-0.25, -0.2) is 0 Å². The van der Waals surface area contributed by atoms with E-state index in [0.717, 1.165) is 38.0 Å². The quantitative estimate of drug-likeness (QED) is 0.929. The number of likely N-dealkylation sites (tertiary alicyclic amines) is 1. The maximum atomic E-state index is 12.6. The lowest BCUT2D eigenvalue weighted by molar-refractivity contribution is 0.0781. The number of fused-ring (bicyclic) bond motifs is 1. The predicted octanol–water partition coefficient (Wildman–Crippen LogP) is 3.33. The Labute approximate surface area is 149 Å². The van der Waals surface area contributed by atoms with Crippen molar-refractivity contribution in [2.24, 2.45) is 0 Å². The van der Waals surface area contributed by atoms with Crippen LogP contribution in [-0.4, -0.2) is 43.9 Å². The van der Waals surface area contributed by atoms with E-state index in [-0.39, 0.29) is 5.91 Å². The van der Waals surface area contributed by atoms with Crippen LogP contribution in [0.4, 0.5) is 0 Å². The zero-order chi connectivity index (χ0) is 18.0. The number of nitrogens with one attached hydrogen (secondary N) is 1. The van der Waals surface area contributed by atoms with Crippen molar-refractivity contribution in [3.63, 3.8) is 0 Å². The Morgan fingerprint density at radius 2 is 2.12 bits per heavy atom. The number of aryl methyl sites for hydroxylation is 2. The van der Waals surface area contributed by atoms with Gasteiger partial charge in [-0.05, 0) is 43.2 Å². The van der Waals surface area contributed by atoms with Crippen molar-refractivity contribution in [1.82, 2.24) is 24.9 Å². The van der Waals surface area contributed by atoms with Crippen LogP contribution in [0.3, 0.4) is 0 Å². The number of H-pyrrole nitrogens is 1. The first-order valence-electron chi connectivity index (χ1n) is 9.53. The molecule has 0 aromatic carbocycles. The Morgan fingerprint density at radius 1 is 1.32 bits per heavy atom. The molecular weight excluding hydrogens is 314 g/mol. The molecule has 0 saturated carbocycles. The van der Waals surface area contributed by atoms with Gasteiger partial charge >= 0.3 is 0 Å². The van der Waals surface area contributed by atoms with Crippen LogP contribution in [0.25, 0.3) is 0 Å². The first-order chi connectivity index (χ1) is 12.1. The summed E-state index contributed by atoms with van der Waals surface area (Å²) in [4.78, 5) is 14.5. The number of rotatable bonds is 3. The largest absolute Gasteiger partial charge is 0.335 e. The number of amides is 1. The van der Waals surface area contributed by atoms with Crippen molar-refractivity contribution in [3.8, 4) is 0 Å². The number of hydrogen-bond acceptors (Lipinski definition) is 3. The van der Waals surface area contributed by atoms with Crippen molar-refractivity contribution >= 4 is 5.91 Å². The second-order valence-electron chi connectivity index (χ2n) is 6.99. The summed E-state index contributed by atoms with van der Waals surface area (Å²) in [6.45, 7) is 9.68. The fourth-order valence-corrected chi connectivity index (χ4v) is 3.57. The van der Waals surface area contributed by atoms with Gasteiger partial charge in [-0.1, -0.05) is 27.7 Å². The van der Waals surface area contributed by atoms with Crippen molar-refractivity contribution < 1.29 is 4.79 Å². The Morgan fingerprint density at radius 3 is 2.80 bits per heavy atom. The Bertz CT molecular complexity index is 709. The molecule has 0 radical (unpaired) electrons. The zero-order valence-corrected chi connectivity index (χ0v) is 15.7. The van der Waals surface area contributed by atoms with Gasteiger partial charge in [0.2, 0.25) is 0 Å². The molecule has 1 amide bonds. The molecule has 6 nitrogen and oxygen atoms in total. The number of carbonyl (C=O) groups excluding carboxylic acids is 1. The van der Waals surface area contributed by atoms with Gasteiger partial charge in [0.15, 0.2) is 0 Å². The minimum atomic E-state index is 0.0235. The molecule has 6 heteroatoms. The molecule has 1 unspecified atom stereocenters. The molecule has 1 aliphatic heterocycles. The van der Waals surface area contributed by atoms with Crippen molar-refractivity contribution in [2.75, 3.05) is 13.1 Å². The van der Waals surface area contributed by atoms with Gasteiger partial charge in [-0.3, -0.25) is 14.6 Å². The molecule has 1 saturated heterocycles. The van der Waals surface area contributed by atoms with Gasteiger partial charge in [0.1, 0.15) is 5.69 Å². The maximum Gasteiger partial charge on any atom is 0.274 e. The van der Waals surface area contributed by atoms with Gasteiger partial charge in [0.05, 0.1) is 11.7 Å². The van der Waals surface area contributed by atoms with Crippen molar-refractivity contribution in [3.05, 3.63) is 34.9 Å². The number of carbonyl (C=O) groups is 1. The monoisotopic (exact) mass is 343 g/mol. The molecular formula is C19H29N5O. The highest BCUT2D eigenvalue weighted by Gasteiger charge is 2.30. The Kier molecular flexibility index (Phi) is 5.25. The third-order valence-corrected chi connectivity index (χ3v) is 5.02. The Hall–Kier alpha value is -2.11. The van der Waals surface area contributed by atoms with Gasteiger partial charge in [0, 0.05) is 25.0 Å². The van der Waals surface area contributed by atoms with Crippen LogP contribution in [-0.2, 0) is 12.8 Å². The van der Waals surface area contributed by atoms with E-state index in [1.165, 1.54) is 17.7 Å². The van der Waals surface area contributed by atoms with Crippen LogP contribution in [0.2, 0.25) is 0 Å². The van der Waals surface area contributed by atoms with Gasteiger partial charge < -0.3 is 4.90 Å². The molecule has 1 N–H and O–H groups in total. The number of aromatic amines is 1. The molecule has 0 bridgehead atoms. The van der Waals surface area contributed by atoms with E-state index in [2.05, 4.69) is 34.9 Å². The number of hydrogen-bond donors (Lipinski definition) is 1. The highest BCUT2D eigenvalue weighted by atomic mass is 16.2. The molecule has 1 atom stereocenters. The van der Waals surface area contributed by atoms with Crippen LogP contribution < -0.4 is 0 Å². The normalized spacial score (nSPS) is 19.1. The standard InChI is InChI=1S/C17H23N5O.C2H6/c1-11(2)15-8-16(19-18-15)17(23)21-7-6-13(10-21)22-9-12-4-3-5-14(12)20-22;1-2/h8-9,11,13H,3-7,10H2,1-2H3,(H,18,19);1-2H3. The predicted molar refractivity (Wildman–Crippen MR) is 97.8 cm³/mol. The molecule has 1 aliphatic carbocycles. The molecule has 136 valence electrons. The smallest absolute Gasteiger partial charge is 0.274 e. The van der Waals surface area contributed by atoms with E-state index < -0.39 is 0 Å². The Balaban J connectivity index is 0.000000880. The average molecular weight is 343 g/mol. The molecule has 2 aliphatic rings. The van der Waals surface area contributed by atoms with Gasteiger partial charge in [0.25, 0.3) is 5.91 Å².